The molecule has 0 saturated heterocycles. The SMILES string of the molecule is C=CS(=O)(=O)c1cccnc1Oc1n(-c2c(C(C)C)cccc2C(C)C)cc[n+]1-c1c(C(C)C)cccc1C(C)C. The summed E-state index contributed by atoms with van der Waals surface area (Å²) >= 11 is 0. The van der Waals surface area contributed by atoms with E-state index in [-0.39, 0.29) is 34.4 Å². The average Bonchev–Trinajstić information content (AvgIpc) is 3.34. The third kappa shape index (κ3) is 5.87. The van der Waals surface area contributed by atoms with E-state index in [0.29, 0.717) is 6.01 Å². The minimum Gasteiger partial charge on any atom is -0.371 e. The molecule has 0 N–H and O–H groups in total. The van der Waals surface area contributed by atoms with Gasteiger partial charge in [-0.25, -0.2) is 13.4 Å². The molecule has 0 unspecified atom stereocenters. The van der Waals surface area contributed by atoms with Crippen molar-refractivity contribution in [2.24, 2.45) is 0 Å². The van der Waals surface area contributed by atoms with Crippen molar-refractivity contribution in [3.8, 4) is 23.3 Å². The highest BCUT2D eigenvalue weighted by atomic mass is 32.2. The van der Waals surface area contributed by atoms with Gasteiger partial charge in [0.1, 0.15) is 28.7 Å². The van der Waals surface area contributed by atoms with Crippen LogP contribution in [0, 0.1) is 0 Å². The highest BCUT2D eigenvalue weighted by Crippen LogP contribution is 2.37. The van der Waals surface area contributed by atoms with Crippen LogP contribution >= 0.6 is 0 Å². The second kappa shape index (κ2) is 12.0. The van der Waals surface area contributed by atoms with Gasteiger partial charge in [-0.2, -0.15) is 9.13 Å². The molecule has 2 aromatic heterocycles. The van der Waals surface area contributed by atoms with Gasteiger partial charge in [-0.1, -0.05) is 98.4 Å². The number of hydrogen-bond acceptors (Lipinski definition) is 4. The van der Waals surface area contributed by atoms with Crippen LogP contribution in [0.4, 0.5) is 0 Å². The van der Waals surface area contributed by atoms with Crippen molar-refractivity contribution in [1.82, 2.24) is 9.55 Å². The maximum Gasteiger partial charge on any atom is 0.473 e. The Balaban J connectivity index is 2.14. The van der Waals surface area contributed by atoms with Crippen LogP contribution in [0.3, 0.4) is 0 Å². The molecule has 0 saturated carbocycles. The van der Waals surface area contributed by atoms with Crippen LogP contribution in [0.2, 0.25) is 0 Å². The summed E-state index contributed by atoms with van der Waals surface area (Å²) in [4.78, 5) is 4.36. The van der Waals surface area contributed by atoms with E-state index < -0.39 is 9.84 Å². The molecule has 0 fully saturated rings. The van der Waals surface area contributed by atoms with Crippen molar-refractivity contribution in [1.29, 1.82) is 0 Å². The molecular weight excluding hydrogens is 530 g/mol. The number of aromatic nitrogens is 3. The van der Waals surface area contributed by atoms with Crippen LogP contribution < -0.4 is 9.30 Å². The molecule has 41 heavy (non-hydrogen) atoms. The van der Waals surface area contributed by atoms with Crippen molar-refractivity contribution < 1.29 is 17.7 Å². The maximum atomic E-state index is 13.0. The van der Waals surface area contributed by atoms with Crippen LogP contribution in [0.25, 0.3) is 11.4 Å². The van der Waals surface area contributed by atoms with E-state index in [9.17, 15) is 8.42 Å². The fraction of sp³-hybridized carbons (Fsp3) is 0.353. The molecule has 0 aliphatic carbocycles. The zero-order valence-electron chi connectivity index (χ0n) is 25.4. The molecule has 0 atom stereocenters. The third-order valence-electron chi connectivity index (χ3n) is 7.39. The van der Waals surface area contributed by atoms with Crippen LogP contribution in [0.1, 0.15) is 101 Å². The van der Waals surface area contributed by atoms with E-state index in [2.05, 4.69) is 103 Å². The minimum absolute atomic E-state index is 0.00218. The van der Waals surface area contributed by atoms with Gasteiger partial charge in [-0.05, 0) is 35.8 Å². The largest absolute Gasteiger partial charge is 0.473 e. The number of imidazole rings is 1. The van der Waals surface area contributed by atoms with Crippen LogP contribution in [0.15, 0.2) is 84.0 Å². The fourth-order valence-corrected chi connectivity index (χ4v) is 6.03. The molecule has 4 rings (SSSR count). The lowest BCUT2D eigenvalue weighted by atomic mass is 9.92. The fourth-order valence-electron chi connectivity index (χ4n) is 5.24. The van der Waals surface area contributed by atoms with E-state index >= 15 is 0 Å². The zero-order valence-corrected chi connectivity index (χ0v) is 26.2. The molecule has 0 bridgehead atoms. The molecule has 0 aliphatic rings. The molecule has 0 radical (unpaired) electrons. The summed E-state index contributed by atoms with van der Waals surface area (Å²) in [5.41, 5.74) is 6.75. The van der Waals surface area contributed by atoms with Crippen LogP contribution in [-0.4, -0.2) is 18.0 Å². The molecule has 6 nitrogen and oxygen atoms in total. The Labute approximate surface area is 245 Å². The Morgan fingerprint density at radius 1 is 0.805 bits per heavy atom. The van der Waals surface area contributed by atoms with E-state index in [1.165, 1.54) is 34.5 Å². The lowest BCUT2D eigenvalue weighted by Gasteiger charge is -2.19. The Morgan fingerprint density at radius 2 is 1.32 bits per heavy atom. The van der Waals surface area contributed by atoms with Gasteiger partial charge in [0.25, 0.3) is 0 Å². The molecule has 7 heteroatoms. The number of para-hydroxylation sites is 2. The van der Waals surface area contributed by atoms with Gasteiger partial charge in [0.15, 0.2) is 0 Å². The summed E-state index contributed by atoms with van der Waals surface area (Å²) in [6.07, 6.45) is 5.56. The highest BCUT2D eigenvalue weighted by molar-refractivity contribution is 7.94. The van der Waals surface area contributed by atoms with Gasteiger partial charge < -0.3 is 4.74 Å². The molecular formula is C34H42N3O3S+. The van der Waals surface area contributed by atoms with Gasteiger partial charge in [0.2, 0.25) is 15.7 Å². The first-order valence-corrected chi connectivity index (χ1v) is 15.8. The number of benzene rings is 2. The molecule has 2 heterocycles. The van der Waals surface area contributed by atoms with Crippen molar-refractivity contribution in [3.63, 3.8) is 0 Å². The van der Waals surface area contributed by atoms with Crippen LogP contribution in [0.5, 0.6) is 11.9 Å². The Hall–Kier alpha value is -3.71. The van der Waals surface area contributed by atoms with E-state index in [1.54, 1.807) is 6.07 Å². The third-order valence-corrected chi connectivity index (χ3v) is 8.76. The van der Waals surface area contributed by atoms with E-state index in [1.807, 2.05) is 21.5 Å². The van der Waals surface area contributed by atoms with Crippen molar-refractivity contribution in [3.05, 3.63) is 101 Å². The van der Waals surface area contributed by atoms with E-state index in [4.69, 9.17) is 4.74 Å². The van der Waals surface area contributed by atoms with Gasteiger partial charge in [0, 0.05) is 33.9 Å². The second-order valence-corrected chi connectivity index (χ2v) is 13.5. The monoisotopic (exact) mass is 572 g/mol. The number of ether oxygens (including phenoxy) is 1. The van der Waals surface area contributed by atoms with Gasteiger partial charge in [-0.15, -0.1) is 0 Å². The number of rotatable bonds is 10. The summed E-state index contributed by atoms with van der Waals surface area (Å²) in [5.74, 6) is 0.977. The predicted molar refractivity (Wildman–Crippen MR) is 165 cm³/mol. The second-order valence-electron chi connectivity index (χ2n) is 11.6. The van der Waals surface area contributed by atoms with E-state index in [0.717, 1.165) is 16.8 Å². The maximum absolute atomic E-state index is 13.0. The number of sulfone groups is 1. The minimum atomic E-state index is -3.82. The summed E-state index contributed by atoms with van der Waals surface area (Å²) in [6, 6.07) is 16.3. The van der Waals surface area contributed by atoms with Gasteiger partial charge >= 0.3 is 6.01 Å². The molecule has 2 aromatic carbocycles. The predicted octanol–water partition coefficient (Wildman–Crippen LogP) is 8.35. The first kappa shape index (κ1) is 30.3. The number of pyridine rings is 1. The summed E-state index contributed by atoms with van der Waals surface area (Å²) in [6.45, 7) is 21.0. The first-order valence-electron chi connectivity index (χ1n) is 14.3. The number of nitrogens with zero attached hydrogens (tertiary/aromatic N) is 3. The standard InChI is InChI=1S/C34H42N3O3S/c1-10-41(38,39)30-18-13-19-35-33(30)40-34-36(31-26(22(2)3)14-11-15-27(31)23(4)5)20-21-37(34)32-28(24(6)7)16-12-17-29(32)25(8)9/h10-25H,1H2,2-9H3/q+1. The van der Waals surface area contributed by atoms with Crippen molar-refractivity contribution >= 4 is 9.84 Å². The molecule has 0 spiro atoms. The molecule has 216 valence electrons. The molecule has 0 amide bonds. The Bertz CT molecular complexity index is 1530. The molecule has 0 aliphatic heterocycles. The Morgan fingerprint density at radius 3 is 1.80 bits per heavy atom. The lowest BCUT2D eigenvalue weighted by Crippen LogP contribution is -2.34. The van der Waals surface area contributed by atoms with Gasteiger partial charge in [0.05, 0.1) is 0 Å². The highest BCUT2D eigenvalue weighted by Gasteiger charge is 2.33. The summed E-state index contributed by atoms with van der Waals surface area (Å²) in [5, 5.41) is 0.930. The Kier molecular flexibility index (Phi) is 8.88. The lowest BCUT2D eigenvalue weighted by molar-refractivity contribution is -0.602. The van der Waals surface area contributed by atoms with Crippen LogP contribution in [-0.2, 0) is 9.84 Å². The first-order chi connectivity index (χ1) is 19.4. The van der Waals surface area contributed by atoms with Gasteiger partial charge in [-0.3, -0.25) is 0 Å². The summed E-state index contributed by atoms with van der Waals surface area (Å²) in [7, 11) is -3.82. The molecule has 4 aromatic rings. The van der Waals surface area contributed by atoms with Crippen molar-refractivity contribution in [2.75, 3.05) is 0 Å². The number of hydrogen-bond donors (Lipinski definition) is 0. The summed E-state index contributed by atoms with van der Waals surface area (Å²) < 4.78 is 36.7. The van der Waals surface area contributed by atoms with Crippen molar-refractivity contribution in [2.45, 2.75) is 84.0 Å². The normalized spacial score (nSPS) is 12.1. The average molecular weight is 573 g/mol. The smallest absolute Gasteiger partial charge is 0.371 e. The zero-order chi connectivity index (χ0) is 30.1. The topological polar surface area (TPSA) is 65.1 Å². The quantitative estimate of drug-likeness (QED) is 0.179.